The van der Waals surface area contributed by atoms with Gasteiger partial charge in [-0.1, -0.05) is 82.2 Å². The number of carbonyl (C=O) groups excluding carboxylic acids is 2. The van der Waals surface area contributed by atoms with Crippen molar-refractivity contribution >= 4 is 11.9 Å². The molecule has 2 N–H and O–H groups in total. The number of rotatable bonds is 18. The lowest BCUT2D eigenvalue weighted by molar-refractivity contribution is -0.146. The molecule has 3 aromatic carbocycles. The third-order valence-electron chi connectivity index (χ3n) is 6.89. The van der Waals surface area contributed by atoms with Crippen LogP contribution in [0.15, 0.2) is 85.0 Å². The summed E-state index contributed by atoms with van der Waals surface area (Å²) in [6.07, 6.45) is 5.80. The Balaban J connectivity index is 1.77. The first-order valence-corrected chi connectivity index (χ1v) is 14.5. The zero-order valence-electron chi connectivity index (χ0n) is 25.0. The molecule has 0 bridgehead atoms. The van der Waals surface area contributed by atoms with E-state index in [0.717, 1.165) is 43.2 Å². The number of aliphatic hydroxyl groups is 2. The molecule has 0 spiro atoms. The Morgan fingerprint density at radius 3 is 1.61 bits per heavy atom. The van der Waals surface area contributed by atoms with Crippen LogP contribution in [0.2, 0.25) is 0 Å². The summed E-state index contributed by atoms with van der Waals surface area (Å²) in [5.74, 6) is -0.886. The Morgan fingerprint density at radius 2 is 1.14 bits per heavy atom. The Hall–Kier alpha value is -4.47. The van der Waals surface area contributed by atoms with Crippen molar-refractivity contribution in [3.63, 3.8) is 0 Å². The van der Waals surface area contributed by atoms with Crippen LogP contribution in [0.5, 0.6) is 11.5 Å². The van der Waals surface area contributed by atoms with Crippen molar-refractivity contribution in [3.05, 3.63) is 96.3 Å². The third kappa shape index (κ3) is 9.79. The number of ether oxygens (including phenoxy) is 4. The molecule has 0 radical (unpaired) electrons. The highest BCUT2D eigenvalue weighted by Gasteiger charge is 2.17. The summed E-state index contributed by atoms with van der Waals surface area (Å²) in [4.78, 5) is 23.2. The topological polar surface area (TPSA) is 112 Å². The molecule has 9 heteroatoms. The van der Waals surface area contributed by atoms with Crippen molar-refractivity contribution in [1.29, 1.82) is 0 Å². The quantitative estimate of drug-likeness (QED) is 0.0728. The molecule has 0 aliphatic carbocycles. The molecule has 0 saturated heterocycles. The van der Waals surface area contributed by atoms with Crippen molar-refractivity contribution in [2.75, 3.05) is 26.8 Å². The minimum atomic E-state index is -0.748. The van der Waals surface area contributed by atoms with Gasteiger partial charge < -0.3 is 29.2 Å². The number of benzene rings is 3. The summed E-state index contributed by atoms with van der Waals surface area (Å²) in [5, 5.41) is 17.9. The Labute approximate surface area is 257 Å². The van der Waals surface area contributed by atoms with Gasteiger partial charge in [0.05, 0.1) is 24.4 Å². The molecule has 0 atom stereocenters. The fraction of sp³-hybridized carbons (Fsp3) is 0.314. The number of halogens is 1. The summed E-state index contributed by atoms with van der Waals surface area (Å²) >= 11 is 0. The molecule has 0 heterocycles. The van der Waals surface area contributed by atoms with Gasteiger partial charge in [0.25, 0.3) is 0 Å². The highest BCUT2D eigenvalue weighted by molar-refractivity contribution is 5.88. The number of esters is 2. The van der Waals surface area contributed by atoms with Gasteiger partial charge in [0.2, 0.25) is 13.6 Å². The van der Waals surface area contributed by atoms with Crippen LogP contribution in [-0.2, 0) is 25.5 Å². The zero-order valence-corrected chi connectivity index (χ0v) is 25.0. The summed E-state index contributed by atoms with van der Waals surface area (Å²) in [6, 6.07) is 17.6. The van der Waals surface area contributed by atoms with Crippen LogP contribution in [0.3, 0.4) is 0 Å². The third-order valence-corrected chi connectivity index (χ3v) is 6.89. The van der Waals surface area contributed by atoms with Gasteiger partial charge in [0.15, 0.2) is 0 Å². The first-order valence-electron chi connectivity index (χ1n) is 14.5. The van der Waals surface area contributed by atoms with E-state index in [1.54, 1.807) is 42.5 Å². The number of hydrogen-bond donors (Lipinski definition) is 2. The first-order chi connectivity index (χ1) is 21.3. The smallest absolute Gasteiger partial charge is 0.338 e. The zero-order chi connectivity index (χ0) is 31.9. The van der Waals surface area contributed by atoms with E-state index < -0.39 is 25.2 Å². The molecule has 0 unspecified atom stereocenters. The van der Waals surface area contributed by atoms with Crippen molar-refractivity contribution < 1.29 is 43.1 Å². The Bertz CT molecular complexity index is 1410. The van der Waals surface area contributed by atoms with E-state index in [9.17, 15) is 9.59 Å². The minimum absolute atomic E-state index is 0.0644. The SMILES string of the molecule is C=C(CO)C(=O)OCOc1ccc(-c2ccc(-c3ccc(OCOC(=O)C(=C)CO)cc3)c(CCCCCCC)c2F)cc1. The molecule has 0 amide bonds. The molecule has 0 saturated carbocycles. The van der Waals surface area contributed by atoms with Gasteiger partial charge in [-0.3, -0.25) is 0 Å². The number of unbranched alkanes of at least 4 members (excludes halogenated alkanes) is 4. The van der Waals surface area contributed by atoms with E-state index in [-0.39, 0.29) is 30.5 Å². The Morgan fingerprint density at radius 1 is 0.682 bits per heavy atom. The monoisotopic (exact) mass is 606 g/mol. The van der Waals surface area contributed by atoms with E-state index in [1.165, 1.54) is 0 Å². The van der Waals surface area contributed by atoms with Crippen molar-refractivity contribution in [2.45, 2.75) is 45.4 Å². The van der Waals surface area contributed by atoms with E-state index in [0.29, 0.717) is 34.6 Å². The van der Waals surface area contributed by atoms with Crippen molar-refractivity contribution in [3.8, 4) is 33.8 Å². The lowest BCUT2D eigenvalue weighted by atomic mass is 9.91. The van der Waals surface area contributed by atoms with Crippen LogP contribution in [-0.4, -0.2) is 49.0 Å². The van der Waals surface area contributed by atoms with Gasteiger partial charge in [-0.15, -0.1) is 0 Å². The molecule has 0 aliphatic rings. The fourth-order valence-electron chi connectivity index (χ4n) is 4.36. The van der Waals surface area contributed by atoms with Crippen LogP contribution >= 0.6 is 0 Å². The van der Waals surface area contributed by atoms with Crippen LogP contribution in [0.1, 0.15) is 44.6 Å². The molecule has 0 fully saturated rings. The second kappa shape index (κ2) is 17.6. The molecule has 3 rings (SSSR count). The maximum absolute atomic E-state index is 16.2. The minimum Gasteiger partial charge on any atom is -0.457 e. The number of hydrogen-bond acceptors (Lipinski definition) is 8. The molecule has 44 heavy (non-hydrogen) atoms. The van der Waals surface area contributed by atoms with Gasteiger partial charge in [-0.25, -0.2) is 14.0 Å². The molecule has 3 aromatic rings. The van der Waals surface area contributed by atoms with Gasteiger partial charge >= 0.3 is 11.9 Å². The van der Waals surface area contributed by atoms with Crippen molar-refractivity contribution in [2.24, 2.45) is 0 Å². The normalized spacial score (nSPS) is 10.6. The van der Waals surface area contributed by atoms with Gasteiger partial charge in [0.1, 0.15) is 17.3 Å². The lowest BCUT2D eigenvalue weighted by Crippen LogP contribution is -2.13. The van der Waals surface area contributed by atoms with Gasteiger partial charge in [0, 0.05) is 5.56 Å². The molecular formula is C35H39FO8. The molecule has 8 nitrogen and oxygen atoms in total. The summed E-state index contributed by atoms with van der Waals surface area (Å²) in [6.45, 7) is 7.28. The molecule has 0 aliphatic heterocycles. The van der Waals surface area contributed by atoms with Crippen LogP contribution in [0.25, 0.3) is 22.3 Å². The predicted octanol–water partition coefficient (Wildman–Crippen LogP) is 6.53. The van der Waals surface area contributed by atoms with E-state index in [2.05, 4.69) is 20.1 Å². The molecular weight excluding hydrogens is 567 g/mol. The highest BCUT2D eigenvalue weighted by atomic mass is 19.1. The van der Waals surface area contributed by atoms with Crippen LogP contribution < -0.4 is 9.47 Å². The molecule has 234 valence electrons. The van der Waals surface area contributed by atoms with E-state index in [4.69, 9.17) is 29.2 Å². The highest BCUT2D eigenvalue weighted by Crippen LogP contribution is 2.35. The standard InChI is InChI=1S/C35H39FO8/c1-4-5-6-7-8-9-32-30(26-10-14-28(15-11-26)41-22-43-34(39)24(2)20-37)18-19-31(33(32)36)27-12-16-29(17-13-27)42-23-44-35(40)25(3)21-38/h10-19,37-38H,2-9,20-23H2,1H3. The summed E-state index contributed by atoms with van der Waals surface area (Å²) < 4.78 is 36.9. The lowest BCUT2D eigenvalue weighted by Gasteiger charge is -2.16. The van der Waals surface area contributed by atoms with Crippen LogP contribution in [0, 0.1) is 5.82 Å². The Kier molecular flexibility index (Phi) is 13.6. The maximum atomic E-state index is 16.2. The average Bonchev–Trinajstić information content (AvgIpc) is 3.05. The number of aliphatic hydroxyl groups excluding tert-OH is 2. The maximum Gasteiger partial charge on any atom is 0.338 e. The van der Waals surface area contributed by atoms with E-state index in [1.807, 2.05) is 18.2 Å². The summed E-state index contributed by atoms with van der Waals surface area (Å²) in [7, 11) is 0. The number of carbonyl (C=O) groups is 2. The summed E-state index contributed by atoms with van der Waals surface area (Å²) in [5.41, 5.74) is 3.22. The van der Waals surface area contributed by atoms with Gasteiger partial charge in [-0.05, 0) is 59.4 Å². The fourth-order valence-corrected chi connectivity index (χ4v) is 4.36. The van der Waals surface area contributed by atoms with Gasteiger partial charge in [-0.2, -0.15) is 0 Å². The second-order valence-corrected chi connectivity index (χ2v) is 10.1. The largest absolute Gasteiger partial charge is 0.457 e. The first kappa shape index (κ1) is 34.0. The average molecular weight is 607 g/mol. The second-order valence-electron chi connectivity index (χ2n) is 10.1. The predicted molar refractivity (Wildman–Crippen MR) is 165 cm³/mol. The van der Waals surface area contributed by atoms with Crippen molar-refractivity contribution in [1.82, 2.24) is 0 Å². The molecule has 0 aromatic heterocycles. The van der Waals surface area contributed by atoms with E-state index >= 15 is 4.39 Å². The van der Waals surface area contributed by atoms with Crippen LogP contribution in [0.4, 0.5) is 4.39 Å².